The Bertz CT molecular complexity index is 980. The first kappa shape index (κ1) is 17.7. The number of aliphatic imine (C=N–C) groups is 1. The van der Waals surface area contributed by atoms with Crippen LogP contribution < -0.4 is 10.5 Å². The Morgan fingerprint density at radius 2 is 1.88 bits per heavy atom. The summed E-state index contributed by atoms with van der Waals surface area (Å²) in [7, 11) is 1.56. The van der Waals surface area contributed by atoms with Crippen molar-refractivity contribution >= 4 is 28.6 Å². The van der Waals surface area contributed by atoms with Gasteiger partial charge in [-0.05, 0) is 37.3 Å². The summed E-state index contributed by atoms with van der Waals surface area (Å²) in [6, 6.07) is 11.0. The molecule has 0 bridgehead atoms. The molecule has 0 aliphatic carbocycles. The topological polar surface area (TPSA) is 99.4 Å². The molecule has 0 amide bonds. The molecule has 2 aromatic heterocycles. The van der Waals surface area contributed by atoms with E-state index in [2.05, 4.69) is 20.1 Å². The molecule has 0 saturated heterocycles. The van der Waals surface area contributed by atoms with Crippen molar-refractivity contribution in [1.29, 1.82) is 0 Å². The lowest BCUT2D eigenvalue weighted by atomic mass is 10.1. The number of ether oxygens (including phenoxy) is 1. The molecular formula is C18H17N5O2S. The van der Waals surface area contributed by atoms with Gasteiger partial charge in [0.25, 0.3) is 0 Å². The number of methoxy groups -OCH3 is 1. The fourth-order valence-electron chi connectivity index (χ4n) is 2.37. The van der Waals surface area contributed by atoms with Crippen LogP contribution in [-0.4, -0.2) is 32.9 Å². The number of aryl methyl sites for hydroxylation is 2. The molecule has 1 aromatic carbocycles. The molecule has 0 atom stereocenters. The number of hydrogen-bond donors (Lipinski definition) is 1. The Balaban J connectivity index is 1.97. The quantitative estimate of drug-likeness (QED) is 0.546. The van der Waals surface area contributed by atoms with Crippen molar-refractivity contribution in [3.8, 4) is 17.3 Å². The number of nitrogens with two attached hydrogens (primary N) is 1. The van der Waals surface area contributed by atoms with Crippen LogP contribution in [0.1, 0.15) is 17.1 Å². The van der Waals surface area contributed by atoms with Crippen LogP contribution >= 0.6 is 12.2 Å². The van der Waals surface area contributed by atoms with Crippen LogP contribution in [0.2, 0.25) is 0 Å². The molecule has 132 valence electrons. The molecule has 0 spiro atoms. The third-order valence-electron chi connectivity index (χ3n) is 3.54. The van der Waals surface area contributed by atoms with E-state index in [1.807, 2.05) is 37.3 Å². The lowest BCUT2D eigenvalue weighted by Crippen LogP contribution is -2.22. The number of aromatic nitrogens is 3. The second-order valence-electron chi connectivity index (χ2n) is 5.55. The van der Waals surface area contributed by atoms with Crippen molar-refractivity contribution in [3.63, 3.8) is 0 Å². The zero-order chi connectivity index (χ0) is 18.7. The third kappa shape index (κ3) is 3.92. The van der Waals surface area contributed by atoms with Crippen LogP contribution in [0.5, 0.6) is 5.88 Å². The Kier molecular flexibility index (Phi) is 5.04. The van der Waals surface area contributed by atoms with Gasteiger partial charge in [0.15, 0.2) is 0 Å². The van der Waals surface area contributed by atoms with E-state index >= 15 is 0 Å². The Hall–Kier alpha value is -3.13. The summed E-state index contributed by atoms with van der Waals surface area (Å²) in [5, 5.41) is 3.90. The SMILES string of the molecule is COc1cc(C(=Nc2ccc(-c3noc(C)n3)cc2)C(N)=S)cc(C)n1. The maximum Gasteiger partial charge on any atom is 0.223 e. The minimum absolute atomic E-state index is 0.190. The largest absolute Gasteiger partial charge is 0.481 e. The van der Waals surface area contributed by atoms with E-state index in [0.29, 0.717) is 29.0 Å². The molecule has 2 N–H and O–H groups in total. The average molecular weight is 367 g/mol. The van der Waals surface area contributed by atoms with Crippen LogP contribution in [0, 0.1) is 13.8 Å². The summed E-state index contributed by atoms with van der Waals surface area (Å²) in [6.45, 7) is 3.61. The van der Waals surface area contributed by atoms with Crippen molar-refractivity contribution in [2.75, 3.05) is 7.11 Å². The van der Waals surface area contributed by atoms with E-state index in [9.17, 15) is 0 Å². The molecular weight excluding hydrogens is 350 g/mol. The van der Waals surface area contributed by atoms with Crippen molar-refractivity contribution in [2.24, 2.45) is 10.7 Å². The van der Waals surface area contributed by atoms with Gasteiger partial charge in [0.05, 0.1) is 12.8 Å². The van der Waals surface area contributed by atoms with Crippen molar-refractivity contribution in [3.05, 3.63) is 53.5 Å². The van der Waals surface area contributed by atoms with Crippen LogP contribution in [0.15, 0.2) is 45.9 Å². The zero-order valence-electron chi connectivity index (χ0n) is 14.6. The van der Waals surface area contributed by atoms with E-state index in [4.69, 9.17) is 27.2 Å². The van der Waals surface area contributed by atoms with Gasteiger partial charge in [0.2, 0.25) is 17.6 Å². The smallest absolute Gasteiger partial charge is 0.223 e. The highest BCUT2D eigenvalue weighted by Gasteiger charge is 2.11. The standard InChI is InChI=1S/C18H17N5O2S/c1-10-8-13(9-15(20-10)24-3)16(17(19)26)22-14-6-4-12(5-7-14)18-21-11(2)25-23-18/h4-9H,1-3H3,(H2,19,26). The van der Waals surface area contributed by atoms with Gasteiger partial charge in [0, 0.05) is 29.8 Å². The highest BCUT2D eigenvalue weighted by Crippen LogP contribution is 2.22. The maximum absolute atomic E-state index is 5.89. The fourth-order valence-corrected chi connectivity index (χ4v) is 2.54. The number of nitrogens with zero attached hydrogens (tertiary/aromatic N) is 4. The molecule has 0 aliphatic rings. The van der Waals surface area contributed by atoms with Gasteiger partial charge in [-0.1, -0.05) is 17.4 Å². The molecule has 2 heterocycles. The van der Waals surface area contributed by atoms with E-state index in [1.165, 1.54) is 0 Å². The molecule has 0 unspecified atom stereocenters. The zero-order valence-corrected chi connectivity index (χ0v) is 15.4. The van der Waals surface area contributed by atoms with E-state index in [-0.39, 0.29) is 4.99 Å². The minimum atomic E-state index is 0.190. The Labute approximate surface area is 155 Å². The Morgan fingerprint density at radius 1 is 1.15 bits per heavy atom. The average Bonchev–Trinajstić information content (AvgIpc) is 3.05. The molecule has 3 aromatic rings. The molecule has 0 saturated carbocycles. The van der Waals surface area contributed by atoms with Crippen molar-refractivity contribution in [1.82, 2.24) is 15.1 Å². The van der Waals surface area contributed by atoms with Gasteiger partial charge in [-0.2, -0.15) is 4.98 Å². The van der Waals surface area contributed by atoms with Gasteiger partial charge in [0.1, 0.15) is 10.7 Å². The number of thiocarbonyl (C=S) groups is 1. The lowest BCUT2D eigenvalue weighted by Gasteiger charge is -2.08. The Morgan fingerprint density at radius 3 is 2.46 bits per heavy atom. The number of hydrogen-bond acceptors (Lipinski definition) is 7. The van der Waals surface area contributed by atoms with Crippen LogP contribution in [0.25, 0.3) is 11.4 Å². The minimum Gasteiger partial charge on any atom is -0.481 e. The fraction of sp³-hybridized carbons (Fsp3) is 0.167. The maximum atomic E-state index is 5.89. The number of benzene rings is 1. The van der Waals surface area contributed by atoms with Crippen molar-refractivity contribution in [2.45, 2.75) is 13.8 Å². The second kappa shape index (κ2) is 7.40. The summed E-state index contributed by atoms with van der Waals surface area (Å²) in [5.41, 5.74) is 9.45. The summed E-state index contributed by atoms with van der Waals surface area (Å²) in [4.78, 5) is 13.2. The third-order valence-corrected chi connectivity index (χ3v) is 3.73. The molecule has 7 nitrogen and oxygen atoms in total. The first-order chi connectivity index (χ1) is 12.5. The summed E-state index contributed by atoms with van der Waals surface area (Å²) >= 11 is 5.18. The predicted octanol–water partition coefficient (Wildman–Crippen LogP) is 3.16. The summed E-state index contributed by atoms with van der Waals surface area (Å²) in [5.74, 6) is 1.52. The molecule has 26 heavy (non-hydrogen) atoms. The van der Waals surface area contributed by atoms with Gasteiger partial charge < -0.3 is 15.0 Å². The van der Waals surface area contributed by atoms with E-state index in [0.717, 1.165) is 16.8 Å². The highest BCUT2D eigenvalue weighted by atomic mass is 32.1. The van der Waals surface area contributed by atoms with E-state index < -0.39 is 0 Å². The first-order valence-corrected chi connectivity index (χ1v) is 8.19. The molecule has 0 radical (unpaired) electrons. The summed E-state index contributed by atoms with van der Waals surface area (Å²) < 4.78 is 10.2. The summed E-state index contributed by atoms with van der Waals surface area (Å²) in [6.07, 6.45) is 0. The highest BCUT2D eigenvalue weighted by molar-refractivity contribution is 7.82. The molecule has 0 aliphatic heterocycles. The van der Waals surface area contributed by atoms with Gasteiger partial charge in [-0.15, -0.1) is 0 Å². The predicted molar refractivity (Wildman–Crippen MR) is 103 cm³/mol. The number of pyridine rings is 1. The van der Waals surface area contributed by atoms with Gasteiger partial charge in [-0.25, -0.2) is 9.98 Å². The monoisotopic (exact) mass is 367 g/mol. The molecule has 8 heteroatoms. The van der Waals surface area contributed by atoms with Crippen LogP contribution in [0.3, 0.4) is 0 Å². The number of rotatable bonds is 5. The normalized spacial score (nSPS) is 11.4. The second-order valence-corrected chi connectivity index (χ2v) is 5.99. The molecule has 0 fully saturated rings. The van der Waals surface area contributed by atoms with Gasteiger partial charge >= 0.3 is 0 Å². The van der Waals surface area contributed by atoms with Gasteiger partial charge in [-0.3, -0.25) is 0 Å². The van der Waals surface area contributed by atoms with E-state index in [1.54, 1.807) is 20.1 Å². The van der Waals surface area contributed by atoms with Crippen molar-refractivity contribution < 1.29 is 9.26 Å². The lowest BCUT2D eigenvalue weighted by molar-refractivity contribution is 0.394. The van der Waals surface area contributed by atoms with Crippen LogP contribution in [-0.2, 0) is 0 Å². The first-order valence-electron chi connectivity index (χ1n) is 7.78. The van der Waals surface area contributed by atoms with Crippen LogP contribution in [0.4, 0.5) is 5.69 Å². The molecule has 3 rings (SSSR count).